The normalized spacial score (nSPS) is 11.4. The minimum atomic E-state index is -4.19. The van der Waals surface area contributed by atoms with Gasteiger partial charge in [0.05, 0.1) is 5.69 Å². The van der Waals surface area contributed by atoms with E-state index in [0.29, 0.717) is 9.87 Å². The van der Waals surface area contributed by atoms with Crippen molar-refractivity contribution in [1.82, 2.24) is 0 Å². The van der Waals surface area contributed by atoms with Gasteiger partial charge in [0.15, 0.2) is 0 Å². The summed E-state index contributed by atoms with van der Waals surface area (Å²) in [4.78, 5) is -0.523. The number of para-hydroxylation sites is 1. The molecule has 2 aromatic rings. The zero-order valence-electron chi connectivity index (χ0n) is 11.3. The Labute approximate surface area is 121 Å². The Bertz CT molecular complexity index is 763. The molecule has 2 rings (SSSR count). The second-order valence-electron chi connectivity index (χ2n) is 4.39. The third kappa shape index (κ3) is 2.88. The molecule has 0 amide bonds. The van der Waals surface area contributed by atoms with E-state index in [0.717, 1.165) is 18.2 Å². The number of rotatable bonds is 4. The van der Waals surface area contributed by atoms with E-state index in [-0.39, 0.29) is 12.2 Å². The van der Waals surface area contributed by atoms with Crippen LogP contribution in [0.5, 0.6) is 0 Å². The van der Waals surface area contributed by atoms with Gasteiger partial charge in [0.2, 0.25) is 0 Å². The summed E-state index contributed by atoms with van der Waals surface area (Å²) in [5.74, 6) is -1.62. The first kappa shape index (κ1) is 15.4. The molecule has 0 fully saturated rings. The molecule has 0 unspecified atom stereocenters. The van der Waals surface area contributed by atoms with Crippen LogP contribution in [0, 0.1) is 11.6 Å². The van der Waals surface area contributed by atoms with Crippen molar-refractivity contribution in [2.24, 2.45) is 5.73 Å². The van der Waals surface area contributed by atoms with Gasteiger partial charge < -0.3 is 5.73 Å². The van der Waals surface area contributed by atoms with Crippen molar-refractivity contribution in [1.29, 1.82) is 0 Å². The SMILES string of the molecule is CN(c1ccccc1F)S(=O)(=O)c1ccc(CN)cc1F. The molecule has 0 aliphatic rings. The predicted molar refractivity (Wildman–Crippen MR) is 76.3 cm³/mol. The zero-order chi connectivity index (χ0) is 15.6. The van der Waals surface area contributed by atoms with Crippen LogP contribution in [0.25, 0.3) is 0 Å². The van der Waals surface area contributed by atoms with Crippen LogP contribution in [0.2, 0.25) is 0 Å². The highest BCUT2D eigenvalue weighted by atomic mass is 32.2. The highest BCUT2D eigenvalue weighted by molar-refractivity contribution is 7.92. The summed E-state index contributed by atoms with van der Waals surface area (Å²) < 4.78 is 53.1. The topological polar surface area (TPSA) is 63.4 Å². The fraction of sp³-hybridized carbons (Fsp3) is 0.143. The number of nitrogens with zero attached hydrogens (tertiary/aromatic N) is 1. The minimum absolute atomic E-state index is 0.0976. The fourth-order valence-corrected chi connectivity index (χ4v) is 3.11. The van der Waals surface area contributed by atoms with E-state index in [4.69, 9.17) is 5.73 Å². The molecule has 2 N–H and O–H groups in total. The summed E-state index contributed by atoms with van der Waals surface area (Å²) in [5, 5.41) is 0. The Morgan fingerprint density at radius 3 is 2.33 bits per heavy atom. The third-order valence-corrected chi connectivity index (χ3v) is 4.87. The Kier molecular flexibility index (Phi) is 4.24. The molecule has 7 heteroatoms. The van der Waals surface area contributed by atoms with Crippen molar-refractivity contribution in [3.63, 3.8) is 0 Å². The van der Waals surface area contributed by atoms with Gasteiger partial charge in [-0.3, -0.25) is 4.31 Å². The first-order valence-corrected chi connectivity index (χ1v) is 7.54. The van der Waals surface area contributed by atoms with Crippen LogP contribution >= 0.6 is 0 Å². The third-order valence-electron chi connectivity index (χ3n) is 3.06. The largest absolute Gasteiger partial charge is 0.326 e. The first-order valence-electron chi connectivity index (χ1n) is 6.10. The standard InChI is InChI=1S/C14H14F2N2O2S/c1-18(13-5-3-2-4-11(13)15)21(19,20)14-7-6-10(9-17)8-12(14)16/h2-8H,9,17H2,1H3. The molecule has 0 aromatic heterocycles. The van der Waals surface area contributed by atoms with E-state index in [1.165, 1.54) is 31.3 Å². The van der Waals surface area contributed by atoms with Crippen molar-refractivity contribution < 1.29 is 17.2 Å². The molecule has 0 bridgehead atoms. The van der Waals surface area contributed by atoms with Crippen molar-refractivity contribution >= 4 is 15.7 Å². The molecule has 4 nitrogen and oxygen atoms in total. The number of hydrogen-bond acceptors (Lipinski definition) is 3. The maximum atomic E-state index is 14.0. The van der Waals surface area contributed by atoms with E-state index >= 15 is 0 Å². The van der Waals surface area contributed by atoms with Crippen LogP contribution in [0.3, 0.4) is 0 Å². The number of sulfonamides is 1. The number of hydrogen-bond donors (Lipinski definition) is 1. The van der Waals surface area contributed by atoms with Gasteiger partial charge in [0.1, 0.15) is 16.5 Å². The van der Waals surface area contributed by atoms with Gasteiger partial charge in [-0.2, -0.15) is 0 Å². The maximum absolute atomic E-state index is 14.0. The molecule has 21 heavy (non-hydrogen) atoms. The second kappa shape index (κ2) is 5.79. The number of anilines is 1. The Morgan fingerprint density at radius 2 is 1.76 bits per heavy atom. The highest BCUT2D eigenvalue weighted by Gasteiger charge is 2.26. The highest BCUT2D eigenvalue weighted by Crippen LogP contribution is 2.26. The van der Waals surface area contributed by atoms with Gasteiger partial charge in [0.25, 0.3) is 10.0 Å². The molecular weight excluding hydrogens is 298 g/mol. The Hall–Kier alpha value is -1.99. The maximum Gasteiger partial charge on any atom is 0.267 e. The lowest BCUT2D eigenvalue weighted by molar-refractivity contribution is 0.563. The molecule has 2 aromatic carbocycles. The van der Waals surface area contributed by atoms with Gasteiger partial charge in [-0.1, -0.05) is 18.2 Å². The van der Waals surface area contributed by atoms with Gasteiger partial charge in [-0.15, -0.1) is 0 Å². The molecule has 0 aliphatic carbocycles. The molecule has 0 atom stereocenters. The summed E-state index contributed by atoms with van der Waals surface area (Å²) in [6.07, 6.45) is 0. The number of halogens is 2. The van der Waals surface area contributed by atoms with Gasteiger partial charge in [-0.25, -0.2) is 17.2 Å². The van der Waals surface area contributed by atoms with Crippen molar-refractivity contribution in [2.45, 2.75) is 11.4 Å². The van der Waals surface area contributed by atoms with Crippen molar-refractivity contribution in [3.8, 4) is 0 Å². The fourth-order valence-electron chi connectivity index (χ4n) is 1.86. The van der Waals surface area contributed by atoms with Crippen LogP contribution in [0.1, 0.15) is 5.56 Å². The Balaban J connectivity index is 2.50. The summed E-state index contributed by atoms with van der Waals surface area (Å²) in [5.41, 5.74) is 5.69. The van der Waals surface area contributed by atoms with Crippen LogP contribution < -0.4 is 10.0 Å². The quantitative estimate of drug-likeness (QED) is 0.942. The molecule has 0 aliphatic heterocycles. The molecule has 0 spiro atoms. The lowest BCUT2D eigenvalue weighted by Gasteiger charge is -2.20. The van der Waals surface area contributed by atoms with Crippen LogP contribution in [0.4, 0.5) is 14.5 Å². The average Bonchev–Trinajstić information content (AvgIpc) is 2.46. The molecule has 0 saturated carbocycles. The average molecular weight is 312 g/mol. The van der Waals surface area contributed by atoms with Gasteiger partial charge in [0, 0.05) is 13.6 Å². The lowest BCUT2D eigenvalue weighted by atomic mass is 10.2. The van der Waals surface area contributed by atoms with E-state index in [1.54, 1.807) is 0 Å². The number of benzene rings is 2. The van der Waals surface area contributed by atoms with Crippen LogP contribution in [-0.4, -0.2) is 15.5 Å². The van der Waals surface area contributed by atoms with Gasteiger partial charge in [-0.05, 0) is 29.8 Å². The molecule has 112 valence electrons. The first-order chi connectivity index (χ1) is 9.87. The van der Waals surface area contributed by atoms with E-state index < -0.39 is 26.6 Å². The van der Waals surface area contributed by atoms with Crippen LogP contribution in [-0.2, 0) is 16.6 Å². The zero-order valence-corrected chi connectivity index (χ0v) is 12.1. The Morgan fingerprint density at radius 1 is 1.10 bits per heavy atom. The smallest absolute Gasteiger partial charge is 0.267 e. The predicted octanol–water partition coefficient (Wildman–Crippen LogP) is 2.25. The van der Waals surface area contributed by atoms with Crippen molar-refractivity contribution in [2.75, 3.05) is 11.4 Å². The summed E-state index contributed by atoms with van der Waals surface area (Å²) in [6, 6.07) is 8.99. The number of nitrogens with two attached hydrogens (primary N) is 1. The van der Waals surface area contributed by atoms with Gasteiger partial charge >= 0.3 is 0 Å². The van der Waals surface area contributed by atoms with E-state index in [2.05, 4.69) is 0 Å². The monoisotopic (exact) mass is 312 g/mol. The summed E-state index contributed by atoms with van der Waals surface area (Å²) in [7, 11) is -3.02. The summed E-state index contributed by atoms with van der Waals surface area (Å²) in [6.45, 7) is 0.0976. The van der Waals surface area contributed by atoms with E-state index in [1.807, 2.05) is 0 Å². The second-order valence-corrected chi connectivity index (χ2v) is 6.33. The minimum Gasteiger partial charge on any atom is -0.326 e. The lowest BCUT2D eigenvalue weighted by Crippen LogP contribution is -2.28. The summed E-state index contributed by atoms with van der Waals surface area (Å²) >= 11 is 0. The van der Waals surface area contributed by atoms with Crippen LogP contribution in [0.15, 0.2) is 47.4 Å². The van der Waals surface area contributed by atoms with E-state index in [9.17, 15) is 17.2 Å². The molecular formula is C14H14F2N2O2S. The molecule has 0 saturated heterocycles. The molecule has 0 radical (unpaired) electrons. The molecule has 0 heterocycles. The van der Waals surface area contributed by atoms with Crippen molar-refractivity contribution in [3.05, 3.63) is 59.7 Å².